The Bertz CT molecular complexity index is 255. The first-order valence-electron chi connectivity index (χ1n) is 6.20. The Morgan fingerprint density at radius 3 is 2.69 bits per heavy atom. The van der Waals surface area contributed by atoms with Crippen LogP contribution in [0.15, 0.2) is 22.8 Å². The van der Waals surface area contributed by atoms with E-state index in [1.54, 1.807) is 6.26 Å². The van der Waals surface area contributed by atoms with Gasteiger partial charge in [0.15, 0.2) is 0 Å². The van der Waals surface area contributed by atoms with Crippen LogP contribution < -0.4 is 5.32 Å². The van der Waals surface area contributed by atoms with E-state index in [1.165, 1.54) is 12.8 Å². The number of hydrogen-bond acceptors (Lipinski definition) is 3. The number of furan rings is 1. The van der Waals surface area contributed by atoms with Crippen LogP contribution in [0.2, 0.25) is 0 Å². The van der Waals surface area contributed by atoms with Crippen molar-refractivity contribution in [2.75, 3.05) is 20.1 Å². The first-order valence-corrected chi connectivity index (χ1v) is 6.20. The number of nitrogens with zero attached hydrogens (tertiary/aromatic N) is 1. The molecule has 0 saturated heterocycles. The fourth-order valence-corrected chi connectivity index (χ4v) is 1.78. The standard InChI is InChI=1S/C13H24N2O/c1-4-12(5-2)14-8-9-15(3)11-13-7-6-10-16-13/h6-7,10,12,14H,4-5,8-9,11H2,1-3H3. The zero-order valence-electron chi connectivity index (χ0n) is 10.7. The summed E-state index contributed by atoms with van der Waals surface area (Å²) in [6.45, 7) is 7.44. The Kier molecular flexibility index (Phi) is 6.19. The Hall–Kier alpha value is -0.800. The Balaban J connectivity index is 2.13. The largest absolute Gasteiger partial charge is 0.468 e. The van der Waals surface area contributed by atoms with Crippen LogP contribution in [-0.4, -0.2) is 31.1 Å². The van der Waals surface area contributed by atoms with Gasteiger partial charge in [-0.2, -0.15) is 0 Å². The van der Waals surface area contributed by atoms with E-state index >= 15 is 0 Å². The summed E-state index contributed by atoms with van der Waals surface area (Å²) in [4.78, 5) is 2.27. The molecule has 0 aliphatic carbocycles. The highest BCUT2D eigenvalue weighted by Crippen LogP contribution is 2.03. The highest BCUT2D eigenvalue weighted by atomic mass is 16.3. The molecule has 0 atom stereocenters. The van der Waals surface area contributed by atoms with Crippen LogP contribution in [0, 0.1) is 0 Å². The predicted octanol–water partition coefficient (Wildman–Crippen LogP) is 2.49. The third-order valence-corrected chi connectivity index (χ3v) is 2.92. The maximum atomic E-state index is 5.31. The second-order valence-corrected chi connectivity index (χ2v) is 4.28. The quantitative estimate of drug-likeness (QED) is 0.735. The van der Waals surface area contributed by atoms with E-state index < -0.39 is 0 Å². The van der Waals surface area contributed by atoms with E-state index in [9.17, 15) is 0 Å². The van der Waals surface area contributed by atoms with E-state index in [0.29, 0.717) is 6.04 Å². The molecule has 16 heavy (non-hydrogen) atoms. The third-order valence-electron chi connectivity index (χ3n) is 2.92. The molecule has 1 rings (SSSR count). The topological polar surface area (TPSA) is 28.4 Å². The highest BCUT2D eigenvalue weighted by molar-refractivity contribution is 4.97. The van der Waals surface area contributed by atoms with Gasteiger partial charge >= 0.3 is 0 Å². The van der Waals surface area contributed by atoms with Gasteiger partial charge in [-0.15, -0.1) is 0 Å². The minimum absolute atomic E-state index is 0.664. The van der Waals surface area contributed by atoms with Crippen molar-refractivity contribution in [3.8, 4) is 0 Å². The van der Waals surface area contributed by atoms with Gasteiger partial charge in [-0.05, 0) is 32.0 Å². The lowest BCUT2D eigenvalue weighted by Crippen LogP contribution is -2.34. The number of hydrogen-bond donors (Lipinski definition) is 1. The molecule has 1 heterocycles. The van der Waals surface area contributed by atoms with Crippen molar-refractivity contribution in [3.05, 3.63) is 24.2 Å². The van der Waals surface area contributed by atoms with Gasteiger partial charge in [-0.3, -0.25) is 4.90 Å². The van der Waals surface area contributed by atoms with Gasteiger partial charge in [-0.1, -0.05) is 13.8 Å². The van der Waals surface area contributed by atoms with E-state index in [2.05, 4.69) is 31.1 Å². The summed E-state index contributed by atoms with van der Waals surface area (Å²) in [6, 6.07) is 4.62. The van der Waals surface area contributed by atoms with Crippen molar-refractivity contribution >= 4 is 0 Å². The normalized spacial score (nSPS) is 11.6. The molecule has 1 N–H and O–H groups in total. The molecule has 0 amide bonds. The molecule has 0 bridgehead atoms. The number of rotatable bonds is 8. The third kappa shape index (κ3) is 4.81. The number of nitrogens with one attached hydrogen (secondary N) is 1. The summed E-state index contributed by atoms with van der Waals surface area (Å²) in [5, 5.41) is 3.56. The Labute approximate surface area is 98.8 Å². The molecule has 1 aromatic heterocycles. The Morgan fingerprint density at radius 1 is 1.38 bits per heavy atom. The van der Waals surface area contributed by atoms with Crippen LogP contribution in [0.1, 0.15) is 32.4 Å². The smallest absolute Gasteiger partial charge is 0.117 e. The Morgan fingerprint density at radius 2 is 2.12 bits per heavy atom. The molecule has 0 unspecified atom stereocenters. The zero-order chi connectivity index (χ0) is 11.8. The number of likely N-dealkylation sites (N-methyl/N-ethyl adjacent to an activating group) is 1. The molecule has 3 heteroatoms. The summed E-state index contributed by atoms with van der Waals surface area (Å²) in [7, 11) is 2.12. The molecule has 1 aromatic rings. The van der Waals surface area contributed by atoms with Gasteiger partial charge in [-0.25, -0.2) is 0 Å². The highest BCUT2D eigenvalue weighted by Gasteiger charge is 2.04. The second-order valence-electron chi connectivity index (χ2n) is 4.28. The molecule has 0 fully saturated rings. The van der Waals surface area contributed by atoms with Gasteiger partial charge < -0.3 is 9.73 Å². The molecule has 3 nitrogen and oxygen atoms in total. The fraction of sp³-hybridized carbons (Fsp3) is 0.692. The zero-order valence-corrected chi connectivity index (χ0v) is 10.7. The van der Waals surface area contributed by atoms with Crippen molar-refractivity contribution in [3.63, 3.8) is 0 Å². The lowest BCUT2D eigenvalue weighted by atomic mass is 10.2. The molecular weight excluding hydrogens is 200 g/mol. The summed E-state index contributed by atoms with van der Waals surface area (Å²) in [6.07, 6.45) is 4.14. The summed E-state index contributed by atoms with van der Waals surface area (Å²) in [5.74, 6) is 1.03. The summed E-state index contributed by atoms with van der Waals surface area (Å²) in [5.41, 5.74) is 0. The van der Waals surface area contributed by atoms with E-state index in [1.807, 2.05) is 12.1 Å². The van der Waals surface area contributed by atoms with Gasteiger partial charge in [0.2, 0.25) is 0 Å². The second kappa shape index (κ2) is 7.47. The van der Waals surface area contributed by atoms with Gasteiger partial charge in [0.1, 0.15) is 5.76 Å². The van der Waals surface area contributed by atoms with Crippen molar-refractivity contribution in [1.82, 2.24) is 10.2 Å². The minimum atomic E-state index is 0.664. The van der Waals surface area contributed by atoms with Crippen LogP contribution in [0.5, 0.6) is 0 Å². The first kappa shape index (κ1) is 13.3. The van der Waals surface area contributed by atoms with E-state index in [4.69, 9.17) is 4.42 Å². The monoisotopic (exact) mass is 224 g/mol. The van der Waals surface area contributed by atoms with Crippen LogP contribution in [0.3, 0.4) is 0 Å². The average Bonchev–Trinajstić information content (AvgIpc) is 2.77. The molecule has 0 spiro atoms. The van der Waals surface area contributed by atoms with Crippen molar-refractivity contribution in [2.24, 2.45) is 0 Å². The summed E-state index contributed by atoms with van der Waals surface area (Å²) < 4.78 is 5.31. The first-order chi connectivity index (χ1) is 7.76. The lowest BCUT2D eigenvalue weighted by Gasteiger charge is -2.19. The maximum absolute atomic E-state index is 5.31. The van der Waals surface area contributed by atoms with Crippen LogP contribution >= 0.6 is 0 Å². The minimum Gasteiger partial charge on any atom is -0.468 e. The average molecular weight is 224 g/mol. The maximum Gasteiger partial charge on any atom is 0.117 e. The SMILES string of the molecule is CCC(CC)NCCN(C)Cc1ccco1. The van der Waals surface area contributed by atoms with Crippen LogP contribution in [0.25, 0.3) is 0 Å². The molecule has 92 valence electrons. The van der Waals surface area contributed by atoms with Gasteiger partial charge in [0, 0.05) is 19.1 Å². The fourth-order valence-electron chi connectivity index (χ4n) is 1.78. The summed E-state index contributed by atoms with van der Waals surface area (Å²) >= 11 is 0. The van der Waals surface area contributed by atoms with Gasteiger partial charge in [0.25, 0.3) is 0 Å². The molecule has 0 aliphatic heterocycles. The van der Waals surface area contributed by atoms with Crippen LogP contribution in [-0.2, 0) is 6.54 Å². The lowest BCUT2D eigenvalue weighted by molar-refractivity contribution is 0.287. The predicted molar refractivity (Wildman–Crippen MR) is 67.4 cm³/mol. The van der Waals surface area contributed by atoms with E-state index in [-0.39, 0.29) is 0 Å². The van der Waals surface area contributed by atoms with E-state index in [0.717, 1.165) is 25.4 Å². The van der Waals surface area contributed by atoms with Crippen molar-refractivity contribution < 1.29 is 4.42 Å². The molecule has 0 aliphatic rings. The molecule has 0 aromatic carbocycles. The molecular formula is C13H24N2O. The molecule has 0 radical (unpaired) electrons. The van der Waals surface area contributed by atoms with Crippen molar-refractivity contribution in [2.45, 2.75) is 39.3 Å². The van der Waals surface area contributed by atoms with Gasteiger partial charge in [0.05, 0.1) is 12.8 Å². The van der Waals surface area contributed by atoms with Crippen molar-refractivity contribution in [1.29, 1.82) is 0 Å². The molecule has 0 saturated carbocycles. The van der Waals surface area contributed by atoms with Crippen LogP contribution in [0.4, 0.5) is 0 Å².